The van der Waals surface area contributed by atoms with Crippen molar-refractivity contribution in [2.24, 2.45) is 0 Å². The highest BCUT2D eigenvalue weighted by molar-refractivity contribution is 7.16. The first-order valence-corrected chi connectivity index (χ1v) is 6.56. The summed E-state index contributed by atoms with van der Waals surface area (Å²) in [6, 6.07) is 6.23. The zero-order valence-electron chi connectivity index (χ0n) is 9.39. The quantitative estimate of drug-likeness (QED) is 0.908. The minimum absolute atomic E-state index is 0.251. The molecule has 90 valence electrons. The van der Waals surface area contributed by atoms with E-state index in [2.05, 4.69) is 22.4 Å². The summed E-state index contributed by atoms with van der Waals surface area (Å²) in [7, 11) is 0. The third-order valence-electron chi connectivity index (χ3n) is 2.84. The van der Waals surface area contributed by atoms with Crippen LogP contribution in [0.1, 0.15) is 6.42 Å². The van der Waals surface area contributed by atoms with Crippen LogP contribution in [0.25, 0.3) is 10.2 Å². The molecule has 1 aromatic carbocycles. The summed E-state index contributed by atoms with van der Waals surface area (Å²) in [6.07, 6.45) is 1.21. The van der Waals surface area contributed by atoms with Crippen molar-refractivity contribution in [3.05, 3.63) is 23.7 Å². The number of nitrogens with zero attached hydrogens (tertiary/aromatic N) is 1. The molecule has 1 fully saturated rings. The molecule has 1 saturated heterocycles. The van der Waals surface area contributed by atoms with Crippen LogP contribution in [0.2, 0.25) is 0 Å². The molecule has 1 N–H and O–H groups in total. The summed E-state index contributed by atoms with van der Waals surface area (Å²) in [6.45, 7) is 2.04. The van der Waals surface area contributed by atoms with Crippen LogP contribution in [0, 0.1) is 0 Å². The normalized spacial score (nSPS) is 20.6. The third kappa shape index (κ3) is 2.57. The van der Waals surface area contributed by atoms with Crippen LogP contribution in [0.4, 0.5) is 5.69 Å². The molecule has 5 heteroatoms. The molecule has 2 aromatic rings. The summed E-state index contributed by atoms with van der Waals surface area (Å²) >= 11 is 1.66. The molecule has 0 amide bonds. The fourth-order valence-electron chi connectivity index (χ4n) is 1.86. The Morgan fingerprint density at radius 1 is 1.47 bits per heavy atom. The Bertz CT molecular complexity index is 494. The van der Waals surface area contributed by atoms with Crippen LogP contribution < -0.4 is 5.32 Å². The number of benzene rings is 1. The van der Waals surface area contributed by atoms with Gasteiger partial charge < -0.3 is 14.8 Å². The minimum Gasteiger partial charge on any atom is -0.382 e. The SMILES string of the molecule is c1nc2ccc(NCC3CCOCO3)cc2s1. The molecule has 1 aliphatic heterocycles. The highest BCUT2D eigenvalue weighted by Gasteiger charge is 2.13. The lowest BCUT2D eigenvalue weighted by Crippen LogP contribution is -2.30. The van der Waals surface area contributed by atoms with Gasteiger partial charge in [-0.15, -0.1) is 11.3 Å². The minimum atomic E-state index is 0.251. The number of aromatic nitrogens is 1. The van der Waals surface area contributed by atoms with E-state index in [4.69, 9.17) is 9.47 Å². The zero-order chi connectivity index (χ0) is 11.5. The van der Waals surface area contributed by atoms with E-state index >= 15 is 0 Å². The average molecular weight is 250 g/mol. The standard InChI is InChI=1S/C12H14N2O2S/c1-2-11-12(17-7-14-11)5-9(1)13-6-10-3-4-15-8-16-10/h1-2,5,7,10,13H,3-4,6,8H2. The Morgan fingerprint density at radius 3 is 3.35 bits per heavy atom. The fourth-order valence-corrected chi connectivity index (χ4v) is 2.58. The van der Waals surface area contributed by atoms with Crippen LogP contribution in [0.5, 0.6) is 0 Å². The number of anilines is 1. The van der Waals surface area contributed by atoms with Gasteiger partial charge in [0, 0.05) is 12.2 Å². The van der Waals surface area contributed by atoms with Crippen LogP contribution in [0.15, 0.2) is 23.7 Å². The first-order chi connectivity index (χ1) is 8.42. The van der Waals surface area contributed by atoms with Crippen molar-refractivity contribution in [2.75, 3.05) is 25.3 Å². The lowest BCUT2D eigenvalue weighted by molar-refractivity contribution is -0.133. The number of nitrogens with one attached hydrogen (secondary N) is 1. The molecule has 0 bridgehead atoms. The van der Waals surface area contributed by atoms with Gasteiger partial charge in [0.15, 0.2) is 0 Å². The Kier molecular flexibility index (Phi) is 3.22. The van der Waals surface area contributed by atoms with Crippen molar-refractivity contribution >= 4 is 27.2 Å². The maximum atomic E-state index is 5.48. The van der Waals surface area contributed by atoms with Gasteiger partial charge in [0.05, 0.1) is 28.4 Å². The smallest absolute Gasteiger partial charge is 0.147 e. The second-order valence-corrected chi connectivity index (χ2v) is 4.91. The summed E-state index contributed by atoms with van der Waals surface area (Å²) in [5, 5.41) is 3.39. The van der Waals surface area contributed by atoms with Gasteiger partial charge in [0.2, 0.25) is 0 Å². The van der Waals surface area contributed by atoms with Gasteiger partial charge in [0.1, 0.15) is 6.79 Å². The maximum absolute atomic E-state index is 5.48. The third-order valence-corrected chi connectivity index (χ3v) is 3.63. The molecule has 0 saturated carbocycles. The van der Waals surface area contributed by atoms with E-state index in [1.54, 1.807) is 11.3 Å². The predicted molar refractivity (Wildman–Crippen MR) is 68.4 cm³/mol. The Morgan fingerprint density at radius 2 is 2.47 bits per heavy atom. The molecule has 0 spiro atoms. The zero-order valence-corrected chi connectivity index (χ0v) is 10.2. The van der Waals surface area contributed by atoms with Gasteiger partial charge in [-0.25, -0.2) is 4.98 Å². The molecule has 17 heavy (non-hydrogen) atoms. The second kappa shape index (κ2) is 5.00. The molecule has 1 aromatic heterocycles. The summed E-state index contributed by atoms with van der Waals surface area (Å²) in [5.41, 5.74) is 4.05. The van der Waals surface area contributed by atoms with E-state index in [0.29, 0.717) is 6.79 Å². The number of hydrogen-bond donors (Lipinski definition) is 1. The van der Waals surface area contributed by atoms with E-state index in [1.165, 1.54) is 4.70 Å². The molecule has 2 heterocycles. The number of fused-ring (bicyclic) bond motifs is 1. The van der Waals surface area contributed by atoms with Crippen LogP contribution in [-0.4, -0.2) is 31.0 Å². The molecule has 1 unspecified atom stereocenters. The van der Waals surface area contributed by atoms with Crippen LogP contribution in [0.3, 0.4) is 0 Å². The lowest BCUT2D eigenvalue weighted by atomic mass is 10.2. The number of ether oxygens (including phenoxy) is 2. The van der Waals surface area contributed by atoms with Gasteiger partial charge in [-0.1, -0.05) is 0 Å². The molecule has 0 aliphatic carbocycles. The number of rotatable bonds is 3. The Labute approximate surface area is 104 Å². The van der Waals surface area contributed by atoms with E-state index in [0.717, 1.165) is 30.8 Å². The highest BCUT2D eigenvalue weighted by Crippen LogP contribution is 2.22. The van der Waals surface area contributed by atoms with Gasteiger partial charge in [-0.3, -0.25) is 0 Å². The first kappa shape index (κ1) is 11.0. The van der Waals surface area contributed by atoms with Crippen molar-refractivity contribution in [3.8, 4) is 0 Å². The molecule has 4 nitrogen and oxygen atoms in total. The number of hydrogen-bond acceptors (Lipinski definition) is 5. The van der Waals surface area contributed by atoms with Crippen molar-refractivity contribution in [1.29, 1.82) is 0 Å². The van der Waals surface area contributed by atoms with Gasteiger partial charge >= 0.3 is 0 Å². The lowest BCUT2D eigenvalue weighted by Gasteiger charge is -2.23. The monoisotopic (exact) mass is 250 g/mol. The van der Waals surface area contributed by atoms with Crippen molar-refractivity contribution in [2.45, 2.75) is 12.5 Å². The van der Waals surface area contributed by atoms with E-state index < -0.39 is 0 Å². The summed E-state index contributed by atoms with van der Waals surface area (Å²) < 4.78 is 11.8. The molecule has 1 atom stereocenters. The second-order valence-electron chi connectivity index (χ2n) is 4.02. The summed E-state index contributed by atoms with van der Waals surface area (Å²) in [5.74, 6) is 0. The van der Waals surface area contributed by atoms with Crippen molar-refractivity contribution in [3.63, 3.8) is 0 Å². The Hall–Kier alpha value is -1.17. The molecular weight excluding hydrogens is 236 g/mol. The van der Waals surface area contributed by atoms with Crippen LogP contribution in [-0.2, 0) is 9.47 Å². The molecule has 1 aliphatic rings. The number of thiazole rings is 1. The molecule has 0 radical (unpaired) electrons. The molecule has 3 rings (SSSR count). The Balaban J connectivity index is 1.63. The van der Waals surface area contributed by atoms with Crippen molar-refractivity contribution < 1.29 is 9.47 Å². The average Bonchev–Trinajstić information content (AvgIpc) is 2.85. The summed E-state index contributed by atoms with van der Waals surface area (Å²) in [4.78, 5) is 4.26. The predicted octanol–water partition coefficient (Wildman–Crippen LogP) is 2.47. The highest BCUT2D eigenvalue weighted by atomic mass is 32.1. The first-order valence-electron chi connectivity index (χ1n) is 5.68. The van der Waals surface area contributed by atoms with Gasteiger partial charge in [-0.2, -0.15) is 0 Å². The topological polar surface area (TPSA) is 43.4 Å². The van der Waals surface area contributed by atoms with Gasteiger partial charge in [-0.05, 0) is 24.6 Å². The van der Waals surface area contributed by atoms with E-state index in [1.807, 2.05) is 11.6 Å². The van der Waals surface area contributed by atoms with Crippen molar-refractivity contribution in [1.82, 2.24) is 4.98 Å². The fraction of sp³-hybridized carbons (Fsp3) is 0.417. The van der Waals surface area contributed by atoms with E-state index in [9.17, 15) is 0 Å². The maximum Gasteiger partial charge on any atom is 0.147 e. The van der Waals surface area contributed by atoms with Gasteiger partial charge in [0.25, 0.3) is 0 Å². The van der Waals surface area contributed by atoms with E-state index in [-0.39, 0.29) is 6.10 Å². The molecular formula is C12H14N2O2S. The van der Waals surface area contributed by atoms with Crippen LogP contribution >= 0.6 is 11.3 Å². The largest absolute Gasteiger partial charge is 0.382 e.